The van der Waals surface area contributed by atoms with Gasteiger partial charge in [0.25, 0.3) is 5.91 Å². The van der Waals surface area contributed by atoms with Crippen LogP contribution in [0.15, 0.2) is 22.7 Å². The van der Waals surface area contributed by atoms with E-state index in [9.17, 15) is 9.59 Å². The Labute approximate surface area is 107 Å². The minimum atomic E-state index is -1.31. The van der Waals surface area contributed by atoms with E-state index in [0.717, 1.165) is 0 Å². The smallest absolute Gasteiger partial charge is 0.328 e. The van der Waals surface area contributed by atoms with Gasteiger partial charge < -0.3 is 16.2 Å². The molecule has 0 saturated carbocycles. The molecule has 6 heteroatoms. The van der Waals surface area contributed by atoms with Crippen molar-refractivity contribution in [3.63, 3.8) is 0 Å². The summed E-state index contributed by atoms with van der Waals surface area (Å²) in [4.78, 5) is 22.7. The number of rotatable bonds is 3. The largest absolute Gasteiger partial charge is 0.480 e. The second-order valence-electron chi connectivity index (χ2n) is 4.12. The normalized spacial score (nSPS) is 11.0. The maximum Gasteiger partial charge on any atom is 0.328 e. The highest BCUT2D eigenvalue weighted by atomic mass is 79.9. The van der Waals surface area contributed by atoms with Crippen LogP contribution >= 0.6 is 15.9 Å². The number of hydrogen-bond acceptors (Lipinski definition) is 3. The fourth-order valence-electron chi connectivity index (χ4n) is 1.08. The van der Waals surface area contributed by atoms with Gasteiger partial charge in [0, 0.05) is 15.7 Å². The summed E-state index contributed by atoms with van der Waals surface area (Å²) >= 11 is 3.20. The van der Waals surface area contributed by atoms with Crippen LogP contribution in [0.1, 0.15) is 24.2 Å². The summed E-state index contributed by atoms with van der Waals surface area (Å²) in [6.45, 7) is 2.83. The van der Waals surface area contributed by atoms with E-state index in [1.165, 1.54) is 19.9 Å². The highest BCUT2D eigenvalue weighted by Gasteiger charge is 2.29. The van der Waals surface area contributed by atoms with Gasteiger partial charge in [-0.1, -0.05) is 0 Å². The number of nitrogen functional groups attached to an aromatic ring is 1. The van der Waals surface area contributed by atoms with Gasteiger partial charge in [0.05, 0.1) is 0 Å². The number of carbonyl (C=O) groups is 2. The molecule has 5 nitrogen and oxygen atoms in total. The van der Waals surface area contributed by atoms with E-state index in [0.29, 0.717) is 15.7 Å². The molecular weight excluding hydrogens is 288 g/mol. The summed E-state index contributed by atoms with van der Waals surface area (Å²) in [7, 11) is 0. The van der Waals surface area contributed by atoms with Gasteiger partial charge in [-0.05, 0) is 48.0 Å². The average Bonchev–Trinajstić information content (AvgIpc) is 2.21. The number of carbonyl (C=O) groups excluding carboxylic acids is 1. The third-order valence-electron chi connectivity index (χ3n) is 2.22. The van der Waals surface area contributed by atoms with E-state index < -0.39 is 17.4 Å². The van der Waals surface area contributed by atoms with Crippen LogP contribution in [-0.4, -0.2) is 22.5 Å². The molecule has 0 spiro atoms. The molecule has 0 atom stereocenters. The predicted molar refractivity (Wildman–Crippen MR) is 67.7 cm³/mol. The van der Waals surface area contributed by atoms with E-state index in [2.05, 4.69) is 21.2 Å². The molecule has 17 heavy (non-hydrogen) atoms. The molecule has 0 aliphatic rings. The maximum atomic E-state index is 11.8. The molecule has 0 heterocycles. The zero-order valence-electron chi connectivity index (χ0n) is 9.45. The van der Waals surface area contributed by atoms with Crippen LogP contribution in [0.4, 0.5) is 5.69 Å². The molecule has 0 radical (unpaired) electrons. The zero-order chi connectivity index (χ0) is 13.2. The Kier molecular flexibility index (Phi) is 3.77. The first kappa shape index (κ1) is 13.5. The Morgan fingerprint density at radius 1 is 1.41 bits per heavy atom. The molecule has 0 unspecified atom stereocenters. The van der Waals surface area contributed by atoms with Crippen molar-refractivity contribution in [3.05, 3.63) is 28.2 Å². The molecule has 0 aromatic heterocycles. The molecule has 1 amide bonds. The van der Waals surface area contributed by atoms with Gasteiger partial charge >= 0.3 is 5.97 Å². The number of carboxylic acids is 1. The number of carboxylic acid groups (broad SMARTS) is 1. The van der Waals surface area contributed by atoms with Crippen molar-refractivity contribution < 1.29 is 14.7 Å². The Bertz CT molecular complexity index is 472. The van der Waals surface area contributed by atoms with Gasteiger partial charge in [-0.25, -0.2) is 4.79 Å². The predicted octanol–water partition coefficient (Wildman–Crippen LogP) is 1.62. The van der Waals surface area contributed by atoms with Crippen LogP contribution in [0.3, 0.4) is 0 Å². The third kappa shape index (κ3) is 3.20. The Morgan fingerprint density at radius 2 is 2.00 bits per heavy atom. The lowest BCUT2D eigenvalue weighted by atomic mass is 10.1. The topological polar surface area (TPSA) is 92.4 Å². The van der Waals surface area contributed by atoms with Crippen molar-refractivity contribution >= 4 is 33.5 Å². The van der Waals surface area contributed by atoms with Crippen molar-refractivity contribution in [2.45, 2.75) is 19.4 Å². The van der Waals surface area contributed by atoms with E-state index in [1.54, 1.807) is 12.1 Å². The monoisotopic (exact) mass is 300 g/mol. The number of anilines is 1. The van der Waals surface area contributed by atoms with Crippen LogP contribution in [0, 0.1) is 0 Å². The van der Waals surface area contributed by atoms with E-state index in [1.807, 2.05) is 0 Å². The fraction of sp³-hybridized carbons (Fsp3) is 0.273. The van der Waals surface area contributed by atoms with Gasteiger partial charge in [-0.2, -0.15) is 0 Å². The lowest BCUT2D eigenvalue weighted by Gasteiger charge is -2.21. The molecule has 0 aliphatic carbocycles. The molecule has 4 N–H and O–H groups in total. The van der Waals surface area contributed by atoms with Crippen molar-refractivity contribution in [2.24, 2.45) is 0 Å². The highest BCUT2D eigenvalue weighted by molar-refractivity contribution is 9.10. The summed E-state index contributed by atoms with van der Waals surface area (Å²) < 4.78 is 0.596. The van der Waals surface area contributed by atoms with Crippen LogP contribution in [-0.2, 0) is 4.79 Å². The van der Waals surface area contributed by atoms with Crippen molar-refractivity contribution in [1.82, 2.24) is 5.32 Å². The summed E-state index contributed by atoms with van der Waals surface area (Å²) in [5.74, 6) is -1.56. The number of aliphatic carboxylic acids is 1. The van der Waals surface area contributed by atoms with Gasteiger partial charge in [0.15, 0.2) is 0 Å². The molecule has 1 aromatic carbocycles. The number of nitrogens with one attached hydrogen (secondary N) is 1. The second-order valence-corrected chi connectivity index (χ2v) is 4.97. The minimum absolute atomic E-state index is 0.348. The van der Waals surface area contributed by atoms with Gasteiger partial charge in [-0.3, -0.25) is 4.79 Å². The first-order chi connectivity index (χ1) is 7.74. The standard InChI is InChI=1S/C11H13BrN2O3/c1-11(2,10(16)17)14-9(15)6-3-4-8(13)7(12)5-6/h3-5H,13H2,1-2H3,(H,14,15)(H,16,17). The minimum Gasteiger partial charge on any atom is -0.480 e. The molecular formula is C11H13BrN2O3. The van der Waals surface area contributed by atoms with Gasteiger partial charge in [0.1, 0.15) is 5.54 Å². The van der Waals surface area contributed by atoms with Gasteiger partial charge in [-0.15, -0.1) is 0 Å². The van der Waals surface area contributed by atoms with Crippen LogP contribution in [0.25, 0.3) is 0 Å². The average molecular weight is 301 g/mol. The number of nitrogens with two attached hydrogens (primary N) is 1. The molecule has 92 valence electrons. The fourth-order valence-corrected chi connectivity index (χ4v) is 1.46. The number of amides is 1. The summed E-state index contributed by atoms with van der Waals surface area (Å²) in [6.07, 6.45) is 0. The number of hydrogen-bond donors (Lipinski definition) is 3. The first-order valence-corrected chi connectivity index (χ1v) is 5.64. The molecule has 0 fully saturated rings. The summed E-state index contributed by atoms with van der Waals surface area (Å²) in [5.41, 5.74) is 5.14. The van der Waals surface area contributed by atoms with E-state index in [4.69, 9.17) is 10.8 Å². The molecule has 0 bridgehead atoms. The molecule has 0 saturated heterocycles. The quantitative estimate of drug-likeness (QED) is 0.740. The van der Waals surface area contributed by atoms with Crippen LogP contribution in [0.5, 0.6) is 0 Å². The highest BCUT2D eigenvalue weighted by Crippen LogP contribution is 2.20. The number of halogens is 1. The summed E-state index contributed by atoms with van der Waals surface area (Å²) in [5, 5.41) is 11.3. The Hall–Kier alpha value is -1.56. The second kappa shape index (κ2) is 4.75. The Morgan fingerprint density at radius 3 is 2.47 bits per heavy atom. The SMILES string of the molecule is CC(C)(NC(=O)c1ccc(N)c(Br)c1)C(=O)O. The maximum absolute atomic E-state index is 11.8. The van der Waals surface area contributed by atoms with E-state index >= 15 is 0 Å². The number of benzene rings is 1. The molecule has 1 rings (SSSR count). The van der Waals surface area contributed by atoms with E-state index in [-0.39, 0.29) is 0 Å². The lowest BCUT2D eigenvalue weighted by Crippen LogP contribution is -2.49. The van der Waals surface area contributed by atoms with Gasteiger partial charge in [0.2, 0.25) is 0 Å². The van der Waals surface area contributed by atoms with Crippen LogP contribution < -0.4 is 11.1 Å². The van der Waals surface area contributed by atoms with Crippen molar-refractivity contribution in [3.8, 4) is 0 Å². The lowest BCUT2D eigenvalue weighted by molar-refractivity contribution is -0.143. The molecule has 0 aliphatic heterocycles. The van der Waals surface area contributed by atoms with Crippen LogP contribution in [0.2, 0.25) is 0 Å². The van der Waals surface area contributed by atoms with Crippen molar-refractivity contribution in [2.75, 3.05) is 5.73 Å². The molecule has 1 aromatic rings. The van der Waals surface area contributed by atoms with Crippen molar-refractivity contribution in [1.29, 1.82) is 0 Å². The zero-order valence-corrected chi connectivity index (χ0v) is 11.0. The summed E-state index contributed by atoms with van der Waals surface area (Å²) in [6, 6.07) is 4.66. The Balaban J connectivity index is 2.91. The first-order valence-electron chi connectivity index (χ1n) is 4.85. The third-order valence-corrected chi connectivity index (χ3v) is 2.91.